The summed E-state index contributed by atoms with van der Waals surface area (Å²) in [5.41, 5.74) is -1.23. The van der Waals surface area contributed by atoms with Gasteiger partial charge < -0.3 is 19.9 Å². The van der Waals surface area contributed by atoms with Crippen molar-refractivity contribution in [1.29, 1.82) is 0 Å². The van der Waals surface area contributed by atoms with E-state index in [2.05, 4.69) is 5.32 Å². The minimum Gasteiger partial charge on any atom is -0.479 e. The molecule has 2 atom stereocenters. The first kappa shape index (κ1) is 14.3. The van der Waals surface area contributed by atoms with E-state index in [1.54, 1.807) is 0 Å². The zero-order valence-electron chi connectivity index (χ0n) is 11.0. The van der Waals surface area contributed by atoms with Gasteiger partial charge in [0, 0.05) is 26.1 Å². The van der Waals surface area contributed by atoms with Gasteiger partial charge in [-0.25, -0.2) is 4.79 Å². The largest absolute Gasteiger partial charge is 0.479 e. The van der Waals surface area contributed by atoms with E-state index in [0.29, 0.717) is 25.9 Å². The Balaban J connectivity index is 1.78. The van der Waals surface area contributed by atoms with Crippen LogP contribution in [-0.4, -0.2) is 48.4 Å². The van der Waals surface area contributed by atoms with Crippen LogP contribution in [0.2, 0.25) is 0 Å². The lowest BCUT2D eigenvalue weighted by atomic mass is 9.98. The van der Waals surface area contributed by atoms with Gasteiger partial charge in [-0.05, 0) is 25.7 Å². The van der Waals surface area contributed by atoms with Gasteiger partial charge in [-0.2, -0.15) is 0 Å². The molecule has 2 saturated heterocycles. The molecule has 0 spiro atoms. The highest BCUT2D eigenvalue weighted by atomic mass is 16.5. The van der Waals surface area contributed by atoms with Gasteiger partial charge in [0.2, 0.25) is 5.91 Å². The van der Waals surface area contributed by atoms with Crippen LogP contribution in [0.5, 0.6) is 0 Å². The normalized spacial score (nSPS) is 31.1. The SMILES string of the molecule is O=C(CCC1CCCCO1)NC1(C(=O)O)CCOC1. The molecule has 0 aromatic heterocycles. The number of amides is 1. The molecule has 6 nitrogen and oxygen atoms in total. The molecule has 1 amide bonds. The van der Waals surface area contributed by atoms with Gasteiger partial charge in [-0.15, -0.1) is 0 Å². The van der Waals surface area contributed by atoms with Crippen molar-refractivity contribution in [1.82, 2.24) is 5.32 Å². The Morgan fingerprint density at radius 1 is 1.32 bits per heavy atom. The number of nitrogens with one attached hydrogen (secondary N) is 1. The number of hydrogen-bond donors (Lipinski definition) is 2. The number of carbonyl (C=O) groups excluding carboxylic acids is 1. The molecule has 0 aromatic rings. The molecule has 0 saturated carbocycles. The smallest absolute Gasteiger partial charge is 0.331 e. The van der Waals surface area contributed by atoms with Crippen LogP contribution >= 0.6 is 0 Å². The predicted molar refractivity (Wildman–Crippen MR) is 66.8 cm³/mol. The van der Waals surface area contributed by atoms with E-state index in [0.717, 1.165) is 25.9 Å². The number of carboxylic acid groups (broad SMARTS) is 1. The van der Waals surface area contributed by atoms with Gasteiger partial charge in [0.05, 0.1) is 12.7 Å². The van der Waals surface area contributed by atoms with Crippen LogP contribution in [-0.2, 0) is 19.1 Å². The molecule has 0 radical (unpaired) electrons. The van der Waals surface area contributed by atoms with Gasteiger partial charge in [-0.1, -0.05) is 0 Å². The third-order valence-corrected chi connectivity index (χ3v) is 3.78. The number of hydrogen-bond acceptors (Lipinski definition) is 4. The summed E-state index contributed by atoms with van der Waals surface area (Å²) in [4.78, 5) is 23.1. The topological polar surface area (TPSA) is 84.9 Å². The van der Waals surface area contributed by atoms with Gasteiger partial charge >= 0.3 is 5.97 Å². The molecule has 0 aliphatic carbocycles. The van der Waals surface area contributed by atoms with Gasteiger partial charge in [0.1, 0.15) is 0 Å². The Hall–Kier alpha value is -1.14. The highest BCUT2D eigenvalue weighted by Gasteiger charge is 2.43. The molecule has 2 N–H and O–H groups in total. The van der Waals surface area contributed by atoms with Crippen LogP contribution < -0.4 is 5.32 Å². The van der Waals surface area contributed by atoms with Crippen molar-refractivity contribution >= 4 is 11.9 Å². The molecule has 19 heavy (non-hydrogen) atoms. The van der Waals surface area contributed by atoms with Crippen molar-refractivity contribution in [3.8, 4) is 0 Å². The lowest BCUT2D eigenvalue weighted by molar-refractivity contribution is -0.147. The van der Waals surface area contributed by atoms with Crippen LogP contribution in [0.1, 0.15) is 38.5 Å². The highest BCUT2D eigenvalue weighted by molar-refractivity contribution is 5.87. The fraction of sp³-hybridized carbons (Fsp3) is 0.846. The zero-order valence-corrected chi connectivity index (χ0v) is 11.0. The van der Waals surface area contributed by atoms with Crippen molar-refractivity contribution in [3.05, 3.63) is 0 Å². The average Bonchev–Trinajstić information content (AvgIpc) is 2.87. The van der Waals surface area contributed by atoms with Crippen LogP contribution in [0.3, 0.4) is 0 Å². The van der Waals surface area contributed by atoms with Crippen LogP contribution in [0.25, 0.3) is 0 Å². The monoisotopic (exact) mass is 271 g/mol. The number of ether oxygens (including phenoxy) is 2. The minimum absolute atomic E-state index is 0.0496. The second kappa shape index (κ2) is 6.34. The Morgan fingerprint density at radius 3 is 2.74 bits per heavy atom. The number of rotatable bonds is 5. The van der Waals surface area contributed by atoms with E-state index in [4.69, 9.17) is 9.47 Å². The summed E-state index contributed by atoms with van der Waals surface area (Å²) >= 11 is 0. The molecule has 2 rings (SSSR count). The maximum atomic E-state index is 11.9. The summed E-state index contributed by atoms with van der Waals surface area (Å²) < 4.78 is 10.6. The van der Waals surface area contributed by atoms with E-state index >= 15 is 0 Å². The van der Waals surface area contributed by atoms with Crippen molar-refractivity contribution in [2.24, 2.45) is 0 Å². The summed E-state index contributed by atoms with van der Waals surface area (Å²) in [6, 6.07) is 0. The molecule has 108 valence electrons. The van der Waals surface area contributed by atoms with E-state index in [9.17, 15) is 14.7 Å². The van der Waals surface area contributed by atoms with Crippen LogP contribution in [0.4, 0.5) is 0 Å². The molecule has 2 unspecified atom stereocenters. The Bertz CT molecular complexity index is 332. The maximum absolute atomic E-state index is 11.9. The number of aliphatic carboxylic acids is 1. The molecule has 0 aromatic carbocycles. The van der Waals surface area contributed by atoms with Crippen molar-refractivity contribution in [2.45, 2.75) is 50.2 Å². The molecular formula is C13H21NO5. The third kappa shape index (κ3) is 3.67. The summed E-state index contributed by atoms with van der Waals surface area (Å²) in [5, 5.41) is 11.8. The van der Waals surface area contributed by atoms with E-state index < -0.39 is 11.5 Å². The minimum atomic E-state index is -1.23. The fourth-order valence-corrected chi connectivity index (χ4v) is 2.54. The summed E-state index contributed by atoms with van der Waals surface area (Å²) in [5.74, 6) is -1.26. The van der Waals surface area contributed by atoms with E-state index in [1.807, 2.05) is 0 Å². The molecule has 6 heteroatoms. The third-order valence-electron chi connectivity index (χ3n) is 3.78. The number of carbonyl (C=O) groups is 2. The van der Waals surface area contributed by atoms with Crippen LogP contribution in [0.15, 0.2) is 0 Å². The Kier molecular flexibility index (Phi) is 4.76. The second-order valence-corrected chi connectivity index (χ2v) is 5.27. The quantitative estimate of drug-likeness (QED) is 0.768. The Labute approximate surface area is 112 Å². The Morgan fingerprint density at radius 2 is 2.16 bits per heavy atom. The lowest BCUT2D eigenvalue weighted by Crippen LogP contribution is -2.55. The summed E-state index contributed by atoms with van der Waals surface area (Å²) in [6.07, 6.45) is 4.64. The number of carboxylic acids is 1. The van der Waals surface area contributed by atoms with Crippen molar-refractivity contribution in [2.75, 3.05) is 19.8 Å². The first-order valence-electron chi connectivity index (χ1n) is 6.86. The lowest BCUT2D eigenvalue weighted by Gasteiger charge is -2.25. The molecule has 2 aliphatic rings. The molecule has 0 bridgehead atoms. The van der Waals surface area contributed by atoms with Gasteiger partial charge in [-0.3, -0.25) is 4.79 Å². The maximum Gasteiger partial charge on any atom is 0.331 e. The molecular weight excluding hydrogens is 250 g/mol. The predicted octanol–water partition coefficient (Wildman–Crippen LogP) is 0.696. The van der Waals surface area contributed by atoms with Crippen molar-refractivity contribution < 1.29 is 24.2 Å². The molecule has 2 fully saturated rings. The second-order valence-electron chi connectivity index (χ2n) is 5.27. The molecule has 2 heterocycles. The first-order chi connectivity index (χ1) is 9.12. The average molecular weight is 271 g/mol. The van der Waals surface area contributed by atoms with Crippen molar-refractivity contribution in [3.63, 3.8) is 0 Å². The highest BCUT2D eigenvalue weighted by Crippen LogP contribution is 2.20. The van der Waals surface area contributed by atoms with E-state index in [1.165, 1.54) is 0 Å². The summed E-state index contributed by atoms with van der Waals surface area (Å²) in [6.45, 7) is 1.19. The van der Waals surface area contributed by atoms with E-state index in [-0.39, 0.29) is 18.6 Å². The van der Waals surface area contributed by atoms with Gasteiger partial charge in [0.25, 0.3) is 0 Å². The fourth-order valence-electron chi connectivity index (χ4n) is 2.54. The van der Waals surface area contributed by atoms with Crippen LogP contribution in [0, 0.1) is 0 Å². The molecule has 2 aliphatic heterocycles. The first-order valence-corrected chi connectivity index (χ1v) is 6.86. The van der Waals surface area contributed by atoms with Gasteiger partial charge in [0.15, 0.2) is 5.54 Å². The zero-order chi connectivity index (χ0) is 13.7. The summed E-state index contributed by atoms with van der Waals surface area (Å²) in [7, 11) is 0. The standard InChI is InChI=1S/C13H21NO5/c15-11(5-4-10-3-1-2-7-19-10)14-13(12(16)17)6-8-18-9-13/h10H,1-9H2,(H,14,15)(H,16,17).